The SMILES string of the molecule is O=C(O)/C=C/CN1CCN2CCCCC2C1. The van der Waals surface area contributed by atoms with E-state index in [4.69, 9.17) is 5.11 Å². The number of carbonyl (C=O) groups is 1. The largest absolute Gasteiger partial charge is 0.478 e. The predicted octanol–water partition coefficient (Wildman–Crippen LogP) is 0.797. The van der Waals surface area contributed by atoms with Gasteiger partial charge in [-0.05, 0) is 19.4 Å². The number of piperidine rings is 1. The first-order valence-electron chi connectivity index (χ1n) is 6.11. The summed E-state index contributed by atoms with van der Waals surface area (Å²) in [6.45, 7) is 5.34. The van der Waals surface area contributed by atoms with Crippen LogP contribution in [0.5, 0.6) is 0 Å². The number of hydrogen-bond acceptors (Lipinski definition) is 3. The number of hydrogen-bond donors (Lipinski definition) is 1. The molecule has 2 aliphatic rings. The van der Waals surface area contributed by atoms with Gasteiger partial charge in [-0.2, -0.15) is 0 Å². The normalized spacial score (nSPS) is 28.1. The summed E-state index contributed by atoms with van der Waals surface area (Å²) in [5.74, 6) is -0.851. The van der Waals surface area contributed by atoms with E-state index in [9.17, 15) is 4.79 Å². The fraction of sp³-hybridized carbons (Fsp3) is 0.750. The van der Waals surface area contributed by atoms with Gasteiger partial charge in [0.05, 0.1) is 0 Å². The van der Waals surface area contributed by atoms with E-state index < -0.39 is 5.97 Å². The second kappa shape index (κ2) is 5.46. The molecule has 1 unspecified atom stereocenters. The smallest absolute Gasteiger partial charge is 0.328 e. The van der Waals surface area contributed by atoms with Crippen molar-refractivity contribution in [1.29, 1.82) is 0 Å². The quantitative estimate of drug-likeness (QED) is 0.720. The van der Waals surface area contributed by atoms with Crippen molar-refractivity contribution in [1.82, 2.24) is 9.80 Å². The fourth-order valence-corrected chi connectivity index (χ4v) is 2.69. The van der Waals surface area contributed by atoms with E-state index in [-0.39, 0.29) is 0 Å². The maximum atomic E-state index is 10.4. The lowest BCUT2D eigenvalue weighted by atomic mass is 9.99. The molecule has 4 nitrogen and oxygen atoms in total. The van der Waals surface area contributed by atoms with Crippen LogP contribution in [-0.2, 0) is 4.79 Å². The highest BCUT2D eigenvalue weighted by Gasteiger charge is 2.27. The van der Waals surface area contributed by atoms with E-state index >= 15 is 0 Å². The molecule has 0 radical (unpaired) electrons. The molecular formula is C12H20N2O2. The van der Waals surface area contributed by atoms with Crippen LogP contribution in [0.4, 0.5) is 0 Å². The minimum Gasteiger partial charge on any atom is -0.478 e. The molecule has 1 N–H and O–H groups in total. The summed E-state index contributed by atoms with van der Waals surface area (Å²) in [5, 5.41) is 8.52. The van der Waals surface area contributed by atoms with Gasteiger partial charge in [0.15, 0.2) is 0 Å². The highest BCUT2D eigenvalue weighted by Crippen LogP contribution is 2.20. The van der Waals surface area contributed by atoms with Crippen molar-refractivity contribution in [3.05, 3.63) is 12.2 Å². The number of fused-ring (bicyclic) bond motifs is 1. The molecule has 0 amide bonds. The van der Waals surface area contributed by atoms with Crippen molar-refractivity contribution >= 4 is 5.97 Å². The van der Waals surface area contributed by atoms with Crippen LogP contribution in [0.3, 0.4) is 0 Å². The van der Waals surface area contributed by atoms with Crippen LogP contribution in [-0.4, -0.2) is 59.6 Å². The average molecular weight is 224 g/mol. The van der Waals surface area contributed by atoms with Gasteiger partial charge < -0.3 is 5.11 Å². The summed E-state index contributed by atoms with van der Waals surface area (Å²) in [6, 6.07) is 0.709. The van der Waals surface area contributed by atoms with Gasteiger partial charge in [0.2, 0.25) is 0 Å². The Morgan fingerprint density at radius 1 is 1.31 bits per heavy atom. The molecule has 90 valence electrons. The second-order valence-corrected chi connectivity index (χ2v) is 4.69. The van der Waals surface area contributed by atoms with Crippen LogP contribution >= 0.6 is 0 Å². The van der Waals surface area contributed by atoms with Crippen LogP contribution in [0.1, 0.15) is 19.3 Å². The summed E-state index contributed by atoms with van der Waals surface area (Å²) in [7, 11) is 0. The molecule has 0 aromatic heterocycles. The molecule has 4 heteroatoms. The van der Waals surface area contributed by atoms with Gasteiger partial charge in [-0.3, -0.25) is 9.80 Å². The first-order chi connectivity index (χ1) is 7.75. The Morgan fingerprint density at radius 3 is 3.00 bits per heavy atom. The molecule has 0 aromatic rings. The lowest BCUT2D eigenvalue weighted by Gasteiger charge is -2.43. The summed E-state index contributed by atoms with van der Waals surface area (Å²) in [4.78, 5) is 15.3. The van der Waals surface area contributed by atoms with Gasteiger partial charge in [-0.15, -0.1) is 0 Å². The Kier molecular flexibility index (Phi) is 3.96. The molecule has 0 bridgehead atoms. The Balaban J connectivity index is 1.78. The van der Waals surface area contributed by atoms with E-state index in [1.807, 2.05) is 0 Å². The van der Waals surface area contributed by atoms with E-state index in [1.165, 1.54) is 31.9 Å². The summed E-state index contributed by atoms with van der Waals surface area (Å²) < 4.78 is 0. The standard InChI is InChI=1S/C12H20N2O2/c15-12(16)5-3-6-13-8-9-14-7-2-1-4-11(14)10-13/h3,5,11H,1-2,4,6-10H2,(H,15,16)/b5-3+. The van der Waals surface area contributed by atoms with E-state index in [2.05, 4.69) is 9.80 Å². The molecule has 2 saturated heterocycles. The van der Waals surface area contributed by atoms with Crippen molar-refractivity contribution < 1.29 is 9.90 Å². The maximum absolute atomic E-state index is 10.4. The summed E-state index contributed by atoms with van der Waals surface area (Å²) in [5.41, 5.74) is 0. The van der Waals surface area contributed by atoms with Gasteiger partial charge in [0.1, 0.15) is 0 Å². The molecule has 0 spiro atoms. The Hall–Kier alpha value is -0.870. The van der Waals surface area contributed by atoms with Gasteiger partial charge >= 0.3 is 5.97 Å². The lowest BCUT2D eigenvalue weighted by Crippen LogP contribution is -2.54. The molecule has 0 saturated carbocycles. The minimum absolute atomic E-state index is 0.709. The topological polar surface area (TPSA) is 43.8 Å². The van der Waals surface area contributed by atoms with Crippen molar-refractivity contribution in [3.63, 3.8) is 0 Å². The molecule has 2 rings (SSSR count). The molecule has 1 atom stereocenters. The number of nitrogens with zero attached hydrogens (tertiary/aromatic N) is 2. The molecule has 2 fully saturated rings. The van der Waals surface area contributed by atoms with E-state index in [1.54, 1.807) is 6.08 Å². The molecule has 0 aliphatic carbocycles. The lowest BCUT2D eigenvalue weighted by molar-refractivity contribution is -0.131. The third-order valence-electron chi connectivity index (χ3n) is 3.55. The number of aliphatic carboxylic acids is 1. The van der Waals surface area contributed by atoms with Gasteiger partial charge in [0.25, 0.3) is 0 Å². The minimum atomic E-state index is -0.851. The maximum Gasteiger partial charge on any atom is 0.328 e. The summed E-state index contributed by atoms with van der Waals surface area (Å²) in [6.07, 6.45) is 6.99. The zero-order valence-corrected chi connectivity index (χ0v) is 9.64. The fourth-order valence-electron chi connectivity index (χ4n) is 2.69. The van der Waals surface area contributed by atoms with Gasteiger partial charge in [-0.1, -0.05) is 12.5 Å². The number of carboxylic acid groups (broad SMARTS) is 1. The Labute approximate surface area is 96.5 Å². The summed E-state index contributed by atoms with van der Waals surface area (Å²) >= 11 is 0. The van der Waals surface area contributed by atoms with Crippen LogP contribution in [0.25, 0.3) is 0 Å². The zero-order chi connectivity index (χ0) is 11.4. The zero-order valence-electron chi connectivity index (χ0n) is 9.64. The molecule has 2 aliphatic heterocycles. The average Bonchev–Trinajstić information content (AvgIpc) is 2.28. The first kappa shape index (κ1) is 11.6. The Morgan fingerprint density at radius 2 is 2.19 bits per heavy atom. The van der Waals surface area contributed by atoms with Crippen LogP contribution in [0.2, 0.25) is 0 Å². The third-order valence-corrected chi connectivity index (χ3v) is 3.55. The third kappa shape index (κ3) is 3.06. The molecule has 2 heterocycles. The van der Waals surface area contributed by atoms with Gasteiger partial charge in [0, 0.05) is 38.3 Å². The number of rotatable bonds is 3. The molecule has 16 heavy (non-hydrogen) atoms. The highest BCUT2D eigenvalue weighted by molar-refractivity contribution is 5.79. The number of carboxylic acids is 1. The van der Waals surface area contributed by atoms with Crippen LogP contribution in [0, 0.1) is 0 Å². The van der Waals surface area contributed by atoms with Crippen LogP contribution in [0.15, 0.2) is 12.2 Å². The van der Waals surface area contributed by atoms with Gasteiger partial charge in [-0.25, -0.2) is 4.79 Å². The molecule has 0 aromatic carbocycles. The van der Waals surface area contributed by atoms with Crippen molar-refractivity contribution in [3.8, 4) is 0 Å². The van der Waals surface area contributed by atoms with Crippen LogP contribution < -0.4 is 0 Å². The van der Waals surface area contributed by atoms with E-state index in [0.29, 0.717) is 6.04 Å². The van der Waals surface area contributed by atoms with E-state index in [0.717, 1.165) is 26.2 Å². The second-order valence-electron chi connectivity index (χ2n) is 4.69. The predicted molar refractivity (Wildman–Crippen MR) is 62.4 cm³/mol. The Bertz CT molecular complexity index is 278. The van der Waals surface area contributed by atoms with Crippen molar-refractivity contribution in [2.75, 3.05) is 32.7 Å². The monoisotopic (exact) mass is 224 g/mol. The van der Waals surface area contributed by atoms with Crippen molar-refractivity contribution in [2.24, 2.45) is 0 Å². The first-order valence-corrected chi connectivity index (χ1v) is 6.11. The van der Waals surface area contributed by atoms with Crippen molar-refractivity contribution in [2.45, 2.75) is 25.3 Å². The molecular weight excluding hydrogens is 204 g/mol. The number of piperazine rings is 1. The highest BCUT2D eigenvalue weighted by atomic mass is 16.4.